The Kier molecular flexibility index (Phi) is 4.43. The molecular weight excluding hydrogens is 298 g/mol. The molecule has 0 saturated heterocycles. The van der Waals surface area contributed by atoms with Gasteiger partial charge in [-0.15, -0.1) is 0 Å². The fraction of sp³-hybridized carbons (Fsp3) is 0.632. The van der Waals surface area contributed by atoms with Crippen molar-refractivity contribution in [1.29, 1.82) is 0 Å². The molecule has 0 aromatic heterocycles. The fourth-order valence-corrected chi connectivity index (χ4v) is 3.33. The summed E-state index contributed by atoms with van der Waals surface area (Å²) in [6.45, 7) is 3.53. The molecule has 0 bridgehead atoms. The Morgan fingerprint density at radius 2 is 1.91 bits per heavy atom. The quantitative estimate of drug-likeness (QED) is 0.696. The van der Waals surface area contributed by atoms with Gasteiger partial charge in [-0.25, -0.2) is 8.78 Å². The van der Waals surface area contributed by atoms with Crippen molar-refractivity contribution in [3.8, 4) is 5.75 Å². The van der Waals surface area contributed by atoms with Gasteiger partial charge in [-0.05, 0) is 75.8 Å². The average molecular weight is 322 g/mol. The third kappa shape index (κ3) is 3.91. The van der Waals surface area contributed by atoms with Gasteiger partial charge in [0.1, 0.15) is 17.2 Å². The predicted molar refractivity (Wildman–Crippen MR) is 85.3 cm³/mol. The van der Waals surface area contributed by atoms with Crippen LogP contribution >= 0.6 is 0 Å². The molecule has 2 fully saturated rings. The molecule has 0 atom stereocenters. The first-order valence-electron chi connectivity index (χ1n) is 8.52. The van der Waals surface area contributed by atoms with Gasteiger partial charge < -0.3 is 4.74 Å². The molecule has 2 nitrogen and oxygen atoms in total. The van der Waals surface area contributed by atoms with Crippen molar-refractivity contribution in [3.63, 3.8) is 0 Å². The van der Waals surface area contributed by atoms with Crippen molar-refractivity contribution < 1.29 is 18.3 Å². The minimum atomic E-state index is -1.05. The molecule has 0 aliphatic heterocycles. The first kappa shape index (κ1) is 16.4. The Morgan fingerprint density at radius 1 is 1.26 bits per heavy atom. The largest absolute Gasteiger partial charge is 0.493 e. The van der Waals surface area contributed by atoms with Gasteiger partial charge in [-0.3, -0.25) is 4.79 Å². The van der Waals surface area contributed by atoms with Crippen LogP contribution in [0, 0.1) is 11.7 Å². The lowest BCUT2D eigenvalue weighted by atomic mass is 9.81. The molecule has 0 spiro atoms. The highest BCUT2D eigenvalue weighted by molar-refractivity contribution is 5.94. The van der Waals surface area contributed by atoms with Crippen LogP contribution in [-0.2, 0) is 0 Å². The molecule has 2 aliphatic rings. The SMILES string of the molecule is CC(=O)c1cc(C2CC2)c(OCC2CCC(C)(F)CC2)cc1F. The zero-order valence-electron chi connectivity index (χ0n) is 13.8. The van der Waals surface area contributed by atoms with Gasteiger partial charge in [0.05, 0.1) is 12.2 Å². The lowest BCUT2D eigenvalue weighted by molar-refractivity contribution is 0.0844. The van der Waals surface area contributed by atoms with Crippen LogP contribution in [-0.4, -0.2) is 18.1 Å². The lowest BCUT2D eigenvalue weighted by Gasteiger charge is -2.31. The Morgan fingerprint density at radius 3 is 2.48 bits per heavy atom. The van der Waals surface area contributed by atoms with E-state index in [1.54, 1.807) is 13.0 Å². The minimum Gasteiger partial charge on any atom is -0.493 e. The monoisotopic (exact) mass is 322 g/mol. The molecule has 23 heavy (non-hydrogen) atoms. The first-order valence-corrected chi connectivity index (χ1v) is 8.52. The number of Topliss-reactive ketones (excluding diaryl/α,β-unsaturated/α-hetero) is 1. The Bertz CT molecular complexity index is 596. The van der Waals surface area contributed by atoms with Crippen LogP contribution in [0.5, 0.6) is 5.75 Å². The highest BCUT2D eigenvalue weighted by Gasteiger charge is 2.32. The summed E-state index contributed by atoms with van der Waals surface area (Å²) in [6.07, 6.45) is 4.85. The summed E-state index contributed by atoms with van der Waals surface area (Å²) in [5, 5.41) is 0. The normalized spacial score (nSPS) is 27.7. The summed E-state index contributed by atoms with van der Waals surface area (Å²) in [5.74, 6) is 0.483. The maximum atomic E-state index is 14.1. The zero-order valence-corrected chi connectivity index (χ0v) is 13.8. The van der Waals surface area contributed by atoms with E-state index in [9.17, 15) is 13.6 Å². The van der Waals surface area contributed by atoms with E-state index >= 15 is 0 Å². The van der Waals surface area contributed by atoms with Crippen LogP contribution < -0.4 is 4.74 Å². The smallest absolute Gasteiger partial charge is 0.162 e. The highest BCUT2D eigenvalue weighted by atomic mass is 19.1. The Labute approximate surface area is 136 Å². The number of hydrogen-bond donors (Lipinski definition) is 0. The third-order valence-corrected chi connectivity index (χ3v) is 5.12. The topological polar surface area (TPSA) is 26.3 Å². The maximum absolute atomic E-state index is 14.1. The van der Waals surface area contributed by atoms with Gasteiger partial charge in [-0.2, -0.15) is 0 Å². The summed E-state index contributed by atoms with van der Waals surface area (Å²) in [4.78, 5) is 11.5. The molecule has 3 rings (SSSR count). The summed E-state index contributed by atoms with van der Waals surface area (Å²) < 4.78 is 33.8. The van der Waals surface area contributed by atoms with E-state index in [4.69, 9.17) is 4.74 Å². The summed E-state index contributed by atoms with van der Waals surface area (Å²) >= 11 is 0. The minimum absolute atomic E-state index is 0.144. The van der Waals surface area contributed by atoms with Gasteiger partial charge in [0.25, 0.3) is 0 Å². The van der Waals surface area contributed by atoms with Gasteiger partial charge >= 0.3 is 0 Å². The Hall–Kier alpha value is -1.45. The molecule has 126 valence electrons. The number of carbonyl (C=O) groups is 1. The zero-order chi connectivity index (χ0) is 16.6. The van der Waals surface area contributed by atoms with Crippen LogP contribution in [0.4, 0.5) is 8.78 Å². The third-order valence-electron chi connectivity index (χ3n) is 5.12. The van der Waals surface area contributed by atoms with Crippen molar-refractivity contribution in [1.82, 2.24) is 0 Å². The van der Waals surface area contributed by atoms with Crippen molar-refractivity contribution in [2.24, 2.45) is 5.92 Å². The number of ketones is 1. The van der Waals surface area contributed by atoms with Gasteiger partial charge in [0.2, 0.25) is 0 Å². The van der Waals surface area contributed by atoms with E-state index < -0.39 is 11.5 Å². The molecular formula is C19H24F2O2. The second-order valence-corrected chi connectivity index (χ2v) is 7.37. The fourth-order valence-electron chi connectivity index (χ4n) is 3.33. The summed E-state index contributed by atoms with van der Waals surface area (Å²) in [5.41, 5.74) is 0.0399. The summed E-state index contributed by atoms with van der Waals surface area (Å²) in [7, 11) is 0. The highest BCUT2D eigenvalue weighted by Crippen LogP contribution is 2.45. The van der Waals surface area contributed by atoms with Crippen molar-refractivity contribution in [3.05, 3.63) is 29.1 Å². The molecule has 0 radical (unpaired) electrons. The molecule has 2 saturated carbocycles. The number of hydrogen-bond acceptors (Lipinski definition) is 2. The van der Waals surface area contributed by atoms with E-state index in [-0.39, 0.29) is 11.3 Å². The number of alkyl halides is 1. The molecule has 0 N–H and O–H groups in total. The van der Waals surface area contributed by atoms with Crippen molar-refractivity contribution >= 4 is 5.78 Å². The van der Waals surface area contributed by atoms with E-state index in [1.807, 2.05) is 0 Å². The predicted octanol–water partition coefficient (Wildman–Crippen LogP) is 5.20. The summed E-state index contributed by atoms with van der Waals surface area (Å²) in [6, 6.07) is 3.01. The van der Waals surface area contributed by atoms with Crippen LogP contribution in [0.15, 0.2) is 12.1 Å². The Balaban J connectivity index is 1.70. The first-order chi connectivity index (χ1) is 10.9. The molecule has 1 aromatic carbocycles. The van der Waals surface area contributed by atoms with Gasteiger partial charge in [0, 0.05) is 6.07 Å². The van der Waals surface area contributed by atoms with Gasteiger partial charge in [-0.1, -0.05) is 0 Å². The second kappa shape index (κ2) is 6.21. The maximum Gasteiger partial charge on any atom is 0.162 e. The average Bonchev–Trinajstić information content (AvgIpc) is 3.30. The molecule has 1 aromatic rings. The van der Waals surface area contributed by atoms with Crippen molar-refractivity contribution in [2.45, 2.75) is 64.0 Å². The van der Waals surface area contributed by atoms with E-state index in [0.717, 1.165) is 31.2 Å². The molecule has 4 heteroatoms. The molecule has 0 amide bonds. The lowest BCUT2D eigenvalue weighted by Crippen LogP contribution is -2.28. The van der Waals surface area contributed by atoms with E-state index in [2.05, 4.69) is 0 Å². The van der Waals surface area contributed by atoms with Gasteiger partial charge in [0.15, 0.2) is 5.78 Å². The van der Waals surface area contributed by atoms with Crippen LogP contribution in [0.1, 0.15) is 74.2 Å². The van der Waals surface area contributed by atoms with Crippen LogP contribution in [0.25, 0.3) is 0 Å². The number of rotatable bonds is 5. The standard InChI is InChI=1S/C19H24F2O2/c1-12(22)15-9-16(14-3-4-14)18(10-17(15)20)23-11-13-5-7-19(2,21)8-6-13/h9-10,13-14H,3-8,11H2,1-2H3. The number of halogens is 2. The van der Waals surface area contributed by atoms with E-state index in [1.165, 1.54) is 13.0 Å². The van der Waals surface area contributed by atoms with Crippen LogP contribution in [0.3, 0.4) is 0 Å². The number of carbonyl (C=O) groups excluding carboxylic acids is 1. The van der Waals surface area contributed by atoms with E-state index in [0.29, 0.717) is 37.0 Å². The molecule has 0 unspecified atom stereocenters. The van der Waals surface area contributed by atoms with Crippen LogP contribution in [0.2, 0.25) is 0 Å². The van der Waals surface area contributed by atoms with Crippen molar-refractivity contribution in [2.75, 3.05) is 6.61 Å². The molecule has 2 aliphatic carbocycles. The molecule has 0 heterocycles. The second-order valence-electron chi connectivity index (χ2n) is 7.37. The number of benzene rings is 1. The number of ether oxygens (including phenoxy) is 1.